The highest BCUT2D eigenvalue weighted by atomic mass is 15.3. The molecule has 0 saturated carbocycles. The minimum atomic E-state index is 0.142. The lowest BCUT2D eigenvalue weighted by Gasteiger charge is -2.19. The first-order valence-corrected chi connectivity index (χ1v) is 13.8. The Morgan fingerprint density at radius 3 is 2.02 bits per heavy atom. The minimum Gasteiger partial charge on any atom is -0.299 e. The van der Waals surface area contributed by atoms with Crippen LogP contribution < -0.4 is 5.43 Å². The van der Waals surface area contributed by atoms with Crippen LogP contribution >= 0.6 is 0 Å². The van der Waals surface area contributed by atoms with Crippen molar-refractivity contribution < 1.29 is 0 Å². The fourth-order valence-corrected chi connectivity index (χ4v) is 5.02. The number of pyridine rings is 1. The molecule has 0 radical (unpaired) electrons. The van der Waals surface area contributed by atoms with Crippen LogP contribution in [0.25, 0.3) is 38.6 Å². The lowest BCUT2D eigenvalue weighted by atomic mass is 9.86. The number of nitrogens with one attached hydrogen (secondary N) is 2. The van der Waals surface area contributed by atoms with Gasteiger partial charge >= 0.3 is 0 Å². The second-order valence-corrected chi connectivity index (χ2v) is 11.3. The number of fused-ring (bicyclic) bond motifs is 1. The molecule has 6 rings (SSSR count). The SMILES string of the molecule is CC(C)(C)c1ccc(-c2ccc(C3=C/C(=N/Nc4ccc(-c5cncc6ccccc56)cc4)C(=N)C=C3)cc2)cc1. The predicted octanol–water partition coefficient (Wildman–Crippen LogP) is 9.31. The van der Waals surface area contributed by atoms with Gasteiger partial charge in [-0.2, -0.15) is 5.10 Å². The highest BCUT2D eigenvalue weighted by molar-refractivity contribution is 6.51. The lowest BCUT2D eigenvalue weighted by molar-refractivity contribution is 0.590. The summed E-state index contributed by atoms with van der Waals surface area (Å²) in [6.07, 6.45) is 9.52. The second kappa shape index (κ2) is 10.8. The number of hydrazone groups is 1. The normalized spacial score (nSPS) is 14.4. The average Bonchev–Trinajstić information content (AvgIpc) is 3.00. The molecular weight excluding hydrogens is 500 g/mol. The number of hydrogen-bond donors (Lipinski definition) is 2. The van der Waals surface area contributed by atoms with Gasteiger partial charge in [-0.15, -0.1) is 0 Å². The maximum atomic E-state index is 8.39. The van der Waals surface area contributed by atoms with E-state index in [1.807, 2.05) is 48.8 Å². The van der Waals surface area contributed by atoms with Gasteiger partial charge in [0, 0.05) is 23.3 Å². The molecule has 1 aromatic heterocycles. The van der Waals surface area contributed by atoms with E-state index < -0.39 is 0 Å². The van der Waals surface area contributed by atoms with E-state index in [2.05, 4.69) is 109 Å². The van der Waals surface area contributed by atoms with Crippen LogP contribution in [0.4, 0.5) is 5.69 Å². The molecule has 0 bridgehead atoms. The molecule has 4 aromatic carbocycles. The van der Waals surface area contributed by atoms with Crippen molar-refractivity contribution in [3.63, 3.8) is 0 Å². The van der Waals surface area contributed by atoms with Crippen LogP contribution in [-0.2, 0) is 5.41 Å². The van der Waals surface area contributed by atoms with Crippen LogP contribution in [0, 0.1) is 5.41 Å². The van der Waals surface area contributed by atoms with Crippen molar-refractivity contribution in [2.45, 2.75) is 26.2 Å². The first-order valence-electron chi connectivity index (χ1n) is 13.8. The Bertz CT molecular complexity index is 1810. The van der Waals surface area contributed by atoms with E-state index in [0.29, 0.717) is 11.4 Å². The summed E-state index contributed by atoms with van der Waals surface area (Å²) in [5, 5.41) is 15.2. The molecule has 41 heavy (non-hydrogen) atoms. The van der Waals surface area contributed by atoms with Gasteiger partial charge in [0.2, 0.25) is 0 Å². The molecule has 1 heterocycles. The van der Waals surface area contributed by atoms with Gasteiger partial charge in [0.25, 0.3) is 0 Å². The number of nitrogens with zero attached hydrogens (tertiary/aromatic N) is 2. The number of allylic oxidation sites excluding steroid dienone is 4. The van der Waals surface area contributed by atoms with E-state index in [1.165, 1.54) is 22.1 Å². The summed E-state index contributed by atoms with van der Waals surface area (Å²) in [5.74, 6) is 0. The smallest absolute Gasteiger partial charge is 0.109 e. The molecule has 0 spiro atoms. The zero-order valence-electron chi connectivity index (χ0n) is 23.5. The number of benzene rings is 4. The maximum Gasteiger partial charge on any atom is 0.109 e. The van der Waals surface area contributed by atoms with Crippen LogP contribution in [0.5, 0.6) is 0 Å². The Morgan fingerprint density at radius 2 is 1.32 bits per heavy atom. The highest BCUT2D eigenvalue weighted by Crippen LogP contribution is 2.30. The van der Waals surface area contributed by atoms with E-state index in [-0.39, 0.29) is 5.41 Å². The summed E-state index contributed by atoms with van der Waals surface area (Å²) >= 11 is 0. The largest absolute Gasteiger partial charge is 0.299 e. The van der Waals surface area contributed by atoms with Gasteiger partial charge in [-0.1, -0.05) is 112 Å². The molecule has 0 saturated heterocycles. The topological polar surface area (TPSA) is 61.1 Å². The number of aromatic nitrogens is 1. The van der Waals surface area contributed by atoms with Crippen LogP contribution in [0.15, 0.2) is 133 Å². The van der Waals surface area contributed by atoms with Crippen molar-refractivity contribution in [3.05, 3.63) is 139 Å². The highest BCUT2D eigenvalue weighted by Gasteiger charge is 2.14. The number of anilines is 1. The second-order valence-electron chi connectivity index (χ2n) is 11.3. The van der Waals surface area contributed by atoms with Crippen LogP contribution in [0.2, 0.25) is 0 Å². The Labute approximate surface area is 241 Å². The van der Waals surface area contributed by atoms with Crippen molar-refractivity contribution in [1.29, 1.82) is 5.41 Å². The number of rotatable bonds is 5. The lowest BCUT2D eigenvalue weighted by Crippen LogP contribution is -2.13. The maximum absolute atomic E-state index is 8.39. The summed E-state index contributed by atoms with van der Waals surface area (Å²) in [7, 11) is 0. The van der Waals surface area contributed by atoms with E-state index in [1.54, 1.807) is 6.08 Å². The standard InChI is InChI=1S/C37H32N4/c1-37(2,3)31-17-12-26(13-18-31)25-8-10-27(11-9-25)29-16-21-35(38)36(22-29)41-40-32-19-14-28(15-20-32)34-24-39-23-30-6-4-5-7-33(30)34/h4-24,38,40H,1-3H3/b38-35?,41-36-. The summed E-state index contributed by atoms with van der Waals surface area (Å²) in [6.45, 7) is 6.70. The van der Waals surface area contributed by atoms with Gasteiger partial charge in [0.1, 0.15) is 5.71 Å². The Hall–Kier alpha value is -5.09. The van der Waals surface area contributed by atoms with Gasteiger partial charge in [0.05, 0.1) is 11.4 Å². The Kier molecular flexibility index (Phi) is 6.90. The monoisotopic (exact) mass is 532 g/mol. The van der Waals surface area contributed by atoms with Crippen molar-refractivity contribution in [2.75, 3.05) is 5.43 Å². The average molecular weight is 533 g/mol. The molecule has 4 nitrogen and oxygen atoms in total. The van der Waals surface area contributed by atoms with E-state index >= 15 is 0 Å². The molecule has 2 N–H and O–H groups in total. The molecule has 200 valence electrons. The van der Waals surface area contributed by atoms with E-state index in [9.17, 15) is 0 Å². The van der Waals surface area contributed by atoms with Crippen molar-refractivity contribution in [1.82, 2.24) is 4.98 Å². The third-order valence-electron chi connectivity index (χ3n) is 7.47. The molecule has 1 aliphatic carbocycles. The third-order valence-corrected chi connectivity index (χ3v) is 7.47. The van der Waals surface area contributed by atoms with Crippen LogP contribution in [0.1, 0.15) is 31.9 Å². The Balaban J connectivity index is 1.18. The fourth-order valence-electron chi connectivity index (χ4n) is 5.02. The molecule has 0 atom stereocenters. The summed E-state index contributed by atoms with van der Waals surface area (Å²) in [4.78, 5) is 4.41. The van der Waals surface area contributed by atoms with Gasteiger partial charge in [-0.05, 0) is 68.5 Å². The van der Waals surface area contributed by atoms with Gasteiger partial charge in [0.15, 0.2) is 0 Å². The van der Waals surface area contributed by atoms with Crippen molar-refractivity contribution >= 4 is 33.5 Å². The minimum absolute atomic E-state index is 0.142. The number of hydrogen-bond acceptors (Lipinski definition) is 4. The zero-order valence-corrected chi connectivity index (χ0v) is 23.5. The fraction of sp³-hybridized carbons (Fsp3) is 0.108. The van der Waals surface area contributed by atoms with Gasteiger partial charge in [-0.25, -0.2) is 0 Å². The quantitative estimate of drug-likeness (QED) is 0.175. The van der Waals surface area contributed by atoms with Crippen molar-refractivity contribution in [2.24, 2.45) is 5.10 Å². The summed E-state index contributed by atoms with van der Waals surface area (Å²) < 4.78 is 0. The zero-order chi connectivity index (χ0) is 28.4. The molecule has 1 aliphatic rings. The molecule has 5 aromatic rings. The molecular formula is C37H32N4. The van der Waals surface area contributed by atoms with Crippen molar-refractivity contribution in [3.8, 4) is 22.3 Å². The van der Waals surface area contributed by atoms with Crippen LogP contribution in [-0.4, -0.2) is 16.4 Å². The first kappa shape index (κ1) is 26.1. The summed E-state index contributed by atoms with van der Waals surface area (Å²) in [5.41, 5.74) is 13.1. The predicted molar refractivity (Wildman–Crippen MR) is 174 cm³/mol. The summed E-state index contributed by atoms with van der Waals surface area (Å²) in [6, 6.07) is 33.8. The molecule has 4 heteroatoms. The first-order chi connectivity index (χ1) is 19.8. The third kappa shape index (κ3) is 5.64. The van der Waals surface area contributed by atoms with Gasteiger partial charge in [-0.3, -0.25) is 15.8 Å². The van der Waals surface area contributed by atoms with E-state index in [4.69, 9.17) is 5.41 Å². The molecule has 0 fully saturated rings. The molecule has 0 unspecified atom stereocenters. The van der Waals surface area contributed by atoms with Gasteiger partial charge < -0.3 is 0 Å². The van der Waals surface area contributed by atoms with E-state index in [0.717, 1.165) is 33.3 Å². The molecule has 0 amide bonds. The Morgan fingerprint density at radius 1 is 0.683 bits per heavy atom. The molecule has 0 aliphatic heterocycles. The van der Waals surface area contributed by atoms with Crippen LogP contribution in [0.3, 0.4) is 0 Å².